The van der Waals surface area contributed by atoms with Gasteiger partial charge in [-0.15, -0.1) is 0 Å². The van der Waals surface area contributed by atoms with Crippen molar-refractivity contribution in [3.63, 3.8) is 0 Å². The van der Waals surface area contributed by atoms with Crippen LogP contribution in [0.5, 0.6) is 5.75 Å². The summed E-state index contributed by atoms with van der Waals surface area (Å²) in [5, 5.41) is 12.9. The molecule has 1 aliphatic rings. The monoisotopic (exact) mass is 320 g/mol. The number of carbonyl (C=O) groups excluding carboxylic acids is 1. The van der Waals surface area contributed by atoms with Crippen LogP contribution in [-0.2, 0) is 6.42 Å². The number of hydrogen-bond acceptors (Lipinski definition) is 3. The molecular weight excluding hydrogens is 292 g/mol. The molecule has 5 heteroatoms. The van der Waals surface area contributed by atoms with Gasteiger partial charge in [0.2, 0.25) is 0 Å². The van der Waals surface area contributed by atoms with Crippen molar-refractivity contribution in [1.29, 1.82) is 0 Å². The van der Waals surface area contributed by atoms with E-state index in [2.05, 4.69) is 5.32 Å². The summed E-state index contributed by atoms with van der Waals surface area (Å²) >= 11 is 0. The lowest BCUT2D eigenvalue weighted by molar-refractivity contribution is 0.0565. The topological polar surface area (TPSA) is 61.8 Å². The van der Waals surface area contributed by atoms with Gasteiger partial charge in [0.15, 0.2) is 0 Å². The normalized spacial score (nSPS) is 20.8. The molecule has 1 aliphatic carbocycles. The lowest BCUT2D eigenvalue weighted by atomic mass is 9.86. The van der Waals surface area contributed by atoms with Gasteiger partial charge < -0.3 is 20.1 Å². The number of nitrogens with one attached hydrogen (secondary N) is 1. The van der Waals surface area contributed by atoms with Crippen LogP contribution < -0.4 is 10.1 Å². The van der Waals surface area contributed by atoms with E-state index in [1.165, 1.54) is 0 Å². The zero-order valence-corrected chi connectivity index (χ0v) is 14.1. The highest BCUT2D eigenvalue weighted by atomic mass is 16.5. The Hall–Kier alpha value is -1.75. The predicted octanol–water partition coefficient (Wildman–Crippen LogP) is 2.43. The van der Waals surface area contributed by atoms with Crippen molar-refractivity contribution in [3.8, 4) is 5.75 Å². The summed E-state index contributed by atoms with van der Waals surface area (Å²) in [4.78, 5) is 13.8. The summed E-state index contributed by atoms with van der Waals surface area (Å²) in [6, 6.07) is 7.79. The number of ether oxygens (including phenoxy) is 1. The molecule has 2 unspecified atom stereocenters. The Bertz CT molecular complexity index is 507. The number of aliphatic hydroxyl groups excluding tert-OH is 1. The first-order valence-corrected chi connectivity index (χ1v) is 8.40. The molecule has 0 heterocycles. The van der Waals surface area contributed by atoms with Crippen molar-refractivity contribution in [2.45, 2.75) is 38.2 Å². The maximum absolute atomic E-state index is 12.1. The Morgan fingerprint density at radius 1 is 1.39 bits per heavy atom. The number of hydrogen-bond donors (Lipinski definition) is 2. The Morgan fingerprint density at radius 3 is 2.91 bits per heavy atom. The van der Waals surface area contributed by atoms with Crippen molar-refractivity contribution < 1.29 is 14.6 Å². The van der Waals surface area contributed by atoms with Crippen LogP contribution in [0.2, 0.25) is 0 Å². The second-order valence-corrected chi connectivity index (χ2v) is 6.33. The zero-order valence-electron chi connectivity index (χ0n) is 14.1. The molecule has 2 amide bonds. The molecule has 1 aromatic carbocycles. The summed E-state index contributed by atoms with van der Waals surface area (Å²) in [5.41, 5.74) is 1.13. The van der Waals surface area contributed by atoms with E-state index < -0.39 is 0 Å². The summed E-state index contributed by atoms with van der Waals surface area (Å²) in [5.74, 6) is 1.04. The highest BCUT2D eigenvalue weighted by Gasteiger charge is 2.25. The summed E-state index contributed by atoms with van der Waals surface area (Å²) in [7, 11) is 3.44. The van der Waals surface area contributed by atoms with Crippen LogP contribution in [-0.4, -0.2) is 49.4 Å². The minimum atomic E-state index is -0.268. The number of aliphatic hydroxyl groups is 1. The molecule has 1 aromatic rings. The first-order chi connectivity index (χ1) is 11.1. The van der Waals surface area contributed by atoms with Crippen molar-refractivity contribution in [2.24, 2.45) is 5.92 Å². The van der Waals surface area contributed by atoms with Crippen molar-refractivity contribution in [1.82, 2.24) is 10.2 Å². The van der Waals surface area contributed by atoms with Gasteiger partial charge in [-0.2, -0.15) is 0 Å². The van der Waals surface area contributed by atoms with Gasteiger partial charge in [0, 0.05) is 26.1 Å². The third-order valence-electron chi connectivity index (χ3n) is 4.55. The summed E-state index contributed by atoms with van der Waals surface area (Å²) in [6.07, 6.45) is 4.60. The Kier molecular flexibility index (Phi) is 6.71. The van der Waals surface area contributed by atoms with E-state index in [1.54, 1.807) is 19.1 Å². The number of nitrogens with zero attached hydrogens (tertiary/aromatic N) is 1. The number of carbonyl (C=O) groups is 1. The second kappa shape index (κ2) is 8.77. The molecule has 2 N–H and O–H groups in total. The number of rotatable bonds is 6. The fraction of sp³-hybridized carbons (Fsp3) is 0.611. The summed E-state index contributed by atoms with van der Waals surface area (Å²) < 4.78 is 5.20. The molecule has 23 heavy (non-hydrogen) atoms. The van der Waals surface area contributed by atoms with Gasteiger partial charge in [0.1, 0.15) is 5.75 Å². The van der Waals surface area contributed by atoms with Crippen LogP contribution in [0.3, 0.4) is 0 Å². The van der Waals surface area contributed by atoms with Gasteiger partial charge in [-0.3, -0.25) is 0 Å². The molecule has 1 saturated carbocycles. The molecule has 0 aliphatic heterocycles. The number of urea groups is 1. The van der Waals surface area contributed by atoms with Crippen LogP contribution in [0.15, 0.2) is 24.3 Å². The second-order valence-electron chi connectivity index (χ2n) is 6.33. The highest BCUT2D eigenvalue weighted by molar-refractivity contribution is 5.73. The minimum absolute atomic E-state index is 0.0781. The molecule has 0 spiro atoms. The molecule has 2 atom stereocenters. The van der Waals surface area contributed by atoms with Crippen LogP contribution in [0.4, 0.5) is 4.79 Å². The third kappa shape index (κ3) is 5.43. The smallest absolute Gasteiger partial charge is 0.317 e. The zero-order chi connectivity index (χ0) is 16.7. The highest BCUT2D eigenvalue weighted by Crippen LogP contribution is 2.24. The molecule has 1 fully saturated rings. The number of benzene rings is 1. The number of methoxy groups -OCH3 is 1. The predicted molar refractivity (Wildman–Crippen MR) is 90.7 cm³/mol. The Labute approximate surface area is 138 Å². The van der Waals surface area contributed by atoms with Crippen molar-refractivity contribution in [3.05, 3.63) is 29.8 Å². The lowest BCUT2D eigenvalue weighted by Gasteiger charge is -2.31. The fourth-order valence-corrected chi connectivity index (χ4v) is 3.11. The van der Waals surface area contributed by atoms with E-state index >= 15 is 0 Å². The Balaban J connectivity index is 1.73. The van der Waals surface area contributed by atoms with Gasteiger partial charge in [-0.05, 0) is 37.0 Å². The fourth-order valence-electron chi connectivity index (χ4n) is 3.11. The van der Waals surface area contributed by atoms with Gasteiger partial charge in [-0.25, -0.2) is 4.79 Å². The molecule has 128 valence electrons. The average molecular weight is 320 g/mol. The minimum Gasteiger partial charge on any atom is -0.497 e. The maximum Gasteiger partial charge on any atom is 0.317 e. The standard InChI is InChI=1S/C18H28N2O3/c1-20(13-15-7-3-4-9-17(15)21)18(22)19-11-10-14-6-5-8-16(12-14)23-2/h5-6,8,12,15,17,21H,3-4,7,9-11,13H2,1-2H3,(H,19,22). The average Bonchev–Trinajstić information content (AvgIpc) is 2.57. The van der Waals surface area contributed by atoms with Gasteiger partial charge in [0.25, 0.3) is 0 Å². The van der Waals surface area contributed by atoms with Gasteiger partial charge in [0.05, 0.1) is 13.2 Å². The van der Waals surface area contributed by atoms with Crippen molar-refractivity contribution in [2.75, 3.05) is 27.2 Å². The molecule has 0 radical (unpaired) electrons. The number of amides is 2. The van der Waals surface area contributed by atoms with Crippen LogP contribution >= 0.6 is 0 Å². The van der Waals surface area contributed by atoms with E-state index in [0.29, 0.717) is 13.1 Å². The van der Waals surface area contributed by atoms with E-state index in [0.717, 1.165) is 43.4 Å². The Morgan fingerprint density at radius 2 is 2.17 bits per heavy atom. The van der Waals surface area contributed by atoms with Gasteiger partial charge >= 0.3 is 6.03 Å². The van der Waals surface area contributed by atoms with Gasteiger partial charge in [-0.1, -0.05) is 25.0 Å². The first-order valence-electron chi connectivity index (χ1n) is 8.40. The largest absolute Gasteiger partial charge is 0.497 e. The van der Waals surface area contributed by atoms with E-state index in [-0.39, 0.29) is 18.1 Å². The molecule has 0 aromatic heterocycles. The van der Waals surface area contributed by atoms with Crippen LogP contribution in [0.1, 0.15) is 31.2 Å². The van der Waals surface area contributed by atoms with E-state index in [9.17, 15) is 9.90 Å². The van der Waals surface area contributed by atoms with Crippen LogP contribution in [0.25, 0.3) is 0 Å². The quantitative estimate of drug-likeness (QED) is 0.846. The molecule has 2 rings (SSSR count). The van der Waals surface area contributed by atoms with Crippen LogP contribution in [0, 0.1) is 5.92 Å². The van der Waals surface area contributed by atoms with E-state index in [1.807, 2.05) is 24.3 Å². The maximum atomic E-state index is 12.1. The van der Waals surface area contributed by atoms with Crippen molar-refractivity contribution >= 4 is 6.03 Å². The van der Waals surface area contributed by atoms with E-state index in [4.69, 9.17) is 4.74 Å². The molecule has 5 nitrogen and oxygen atoms in total. The molecule has 0 saturated heterocycles. The first kappa shape index (κ1) is 17.6. The summed E-state index contributed by atoms with van der Waals surface area (Å²) in [6.45, 7) is 1.20. The SMILES string of the molecule is COc1cccc(CCNC(=O)N(C)CC2CCCCC2O)c1. The third-order valence-corrected chi connectivity index (χ3v) is 4.55. The molecule has 0 bridgehead atoms. The molecular formula is C18H28N2O3. The lowest BCUT2D eigenvalue weighted by Crippen LogP contribution is -2.43.